The smallest absolute Gasteiger partial charge is 0.197 e. The van der Waals surface area contributed by atoms with Gasteiger partial charge in [-0.1, -0.05) is 0 Å². The Balaban J connectivity index is 1.57. The van der Waals surface area contributed by atoms with Gasteiger partial charge in [-0.05, 0) is 38.1 Å². The first kappa shape index (κ1) is 28.3. The molecular weight excluding hydrogens is 532 g/mol. The molecule has 0 saturated carbocycles. The number of phenols is 3. The number of aliphatic hydroxyl groups is 5. The zero-order valence-corrected chi connectivity index (χ0v) is 21.4. The SMILES string of the molecule is C[C@@H]1O[C@@H](O[C@H]2[C@@H](O)[C@@H](O)[C@@H](C)O[C@H]2c2c(O)cc3oc(-c4ccc(O)cc4)cc(=O)c3c2O)[C@H](O)[C@H](O)[C@H]1O. The number of fused-ring (bicyclic) bond motifs is 1. The quantitative estimate of drug-likeness (QED) is 0.210. The summed E-state index contributed by atoms with van der Waals surface area (Å²) in [5.74, 6) is -1.22. The van der Waals surface area contributed by atoms with E-state index in [0.717, 1.165) is 12.1 Å². The van der Waals surface area contributed by atoms with Crippen LogP contribution >= 0.6 is 0 Å². The molecule has 2 saturated heterocycles. The van der Waals surface area contributed by atoms with Gasteiger partial charge in [0.1, 0.15) is 76.7 Å². The van der Waals surface area contributed by atoms with Crippen LogP contribution in [0.1, 0.15) is 25.5 Å². The van der Waals surface area contributed by atoms with Crippen molar-refractivity contribution in [2.75, 3.05) is 0 Å². The molecule has 13 nitrogen and oxygen atoms in total. The van der Waals surface area contributed by atoms with Gasteiger partial charge in [0.2, 0.25) is 0 Å². The van der Waals surface area contributed by atoms with Crippen molar-refractivity contribution < 1.29 is 59.5 Å². The Bertz CT molecular complexity index is 1440. The first-order valence-electron chi connectivity index (χ1n) is 12.6. The van der Waals surface area contributed by atoms with Crippen LogP contribution in [0.2, 0.25) is 0 Å². The van der Waals surface area contributed by atoms with Crippen LogP contribution in [0.4, 0.5) is 0 Å². The third kappa shape index (κ3) is 4.80. The molecule has 10 atom stereocenters. The molecule has 2 aromatic carbocycles. The highest BCUT2D eigenvalue weighted by Crippen LogP contribution is 2.46. The summed E-state index contributed by atoms with van der Waals surface area (Å²) in [5.41, 5.74) is -0.767. The standard InChI is InChI=1S/C27H30O13/c1-9-20(32)23(35)26(40-27-24(36)22(34)19(31)10(2)38-27)25(37-9)18-14(30)8-16-17(21(18)33)13(29)7-15(39-16)11-3-5-12(28)6-4-11/h3-10,19-20,22-28,30-36H,1-2H3/t9-,10+,19+,20+,22-,23+,24-,25+,26+,27+/m1/s1. The van der Waals surface area contributed by atoms with Crippen molar-refractivity contribution in [2.24, 2.45) is 0 Å². The van der Waals surface area contributed by atoms with Crippen LogP contribution in [0.25, 0.3) is 22.3 Å². The van der Waals surface area contributed by atoms with Crippen LogP contribution in [-0.2, 0) is 14.2 Å². The Morgan fingerprint density at radius 1 is 0.775 bits per heavy atom. The van der Waals surface area contributed by atoms with E-state index in [1.807, 2.05) is 0 Å². The van der Waals surface area contributed by atoms with E-state index in [1.54, 1.807) is 0 Å². The van der Waals surface area contributed by atoms with Crippen molar-refractivity contribution in [2.45, 2.75) is 75.1 Å². The van der Waals surface area contributed by atoms with Gasteiger partial charge in [-0.15, -0.1) is 0 Å². The summed E-state index contributed by atoms with van der Waals surface area (Å²) in [7, 11) is 0. The fraction of sp³-hybridized carbons (Fsp3) is 0.444. The number of rotatable bonds is 4. The summed E-state index contributed by atoms with van der Waals surface area (Å²) in [5, 5.41) is 83.4. The van der Waals surface area contributed by atoms with E-state index in [1.165, 1.54) is 38.1 Å². The van der Waals surface area contributed by atoms with Gasteiger partial charge in [0.25, 0.3) is 0 Å². The Kier molecular flexibility index (Phi) is 7.50. The van der Waals surface area contributed by atoms with E-state index in [-0.39, 0.29) is 28.0 Å². The molecule has 40 heavy (non-hydrogen) atoms. The van der Waals surface area contributed by atoms with Crippen molar-refractivity contribution in [3.05, 3.63) is 52.2 Å². The second-order valence-corrected chi connectivity index (χ2v) is 10.1. The van der Waals surface area contributed by atoms with Crippen molar-refractivity contribution in [3.8, 4) is 28.6 Å². The van der Waals surface area contributed by atoms with Crippen LogP contribution in [0.3, 0.4) is 0 Å². The summed E-state index contributed by atoms with van der Waals surface area (Å²) >= 11 is 0. The first-order valence-corrected chi connectivity index (χ1v) is 12.6. The van der Waals surface area contributed by atoms with Gasteiger partial charge in [-0.25, -0.2) is 0 Å². The van der Waals surface area contributed by atoms with Crippen LogP contribution < -0.4 is 5.43 Å². The zero-order chi connectivity index (χ0) is 29.0. The van der Waals surface area contributed by atoms with Gasteiger partial charge in [0.15, 0.2) is 11.7 Å². The fourth-order valence-electron chi connectivity index (χ4n) is 5.06. The molecule has 0 radical (unpaired) electrons. The highest BCUT2D eigenvalue weighted by atomic mass is 16.7. The topological polar surface area (TPSA) is 220 Å². The van der Waals surface area contributed by atoms with Crippen LogP contribution in [0.15, 0.2) is 45.6 Å². The van der Waals surface area contributed by atoms with Gasteiger partial charge >= 0.3 is 0 Å². The van der Waals surface area contributed by atoms with E-state index >= 15 is 0 Å². The molecule has 2 aliphatic heterocycles. The lowest BCUT2D eigenvalue weighted by Crippen LogP contribution is -2.61. The second kappa shape index (κ2) is 10.6. The summed E-state index contributed by atoms with van der Waals surface area (Å²) in [4.78, 5) is 13.1. The molecule has 5 rings (SSSR count). The molecule has 0 unspecified atom stereocenters. The molecule has 216 valence electrons. The molecular formula is C27H30O13. The number of aliphatic hydroxyl groups excluding tert-OH is 5. The Morgan fingerprint density at radius 2 is 1.40 bits per heavy atom. The predicted molar refractivity (Wildman–Crippen MR) is 135 cm³/mol. The molecule has 0 aliphatic carbocycles. The van der Waals surface area contributed by atoms with Crippen molar-refractivity contribution in [1.82, 2.24) is 0 Å². The monoisotopic (exact) mass is 562 g/mol. The lowest BCUT2D eigenvalue weighted by molar-refractivity contribution is -0.336. The molecule has 3 aromatic rings. The summed E-state index contributed by atoms with van der Waals surface area (Å²) in [6.45, 7) is 2.85. The summed E-state index contributed by atoms with van der Waals surface area (Å²) < 4.78 is 22.8. The van der Waals surface area contributed by atoms with E-state index in [4.69, 9.17) is 18.6 Å². The molecule has 13 heteroatoms. The van der Waals surface area contributed by atoms with E-state index in [9.17, 15) is 45.6 Å². The highest BCUT2D eigenvalue weighted by molar-refractivity contribution is 5.88. The first-order chi connectivity index (χ1) is 18.9. The maximum absolute atomic E-state index is 13.1. The van der Waals surface area contributed by atoms with Crippen molar-refractivity contribution >= 4 is 11.0 Å². The van der Waals surface area contributed by atoms with Gasteiger partial charge in [0.05, 0.1) is 17.8 Å². The molecule has 0 amide bonds. The maximum Gasteiger partial charge on any atom is 0.197 e. The summed E-state index contributed by atoms with van der Waals surface area (Å²) in [6.07, 6.45) is -14.8. The molecule has 2 fully saturated rings. The maximum atomic E-state index is 13.1. The van der Waals surface area contributed by atoms with Gasteiger partial charge in [-0.3, -0.25) is 4.79 Å². The van der Waals surface area contributed by atoms with Gasteiger partial charge in [-0.2, -0.15) is 0 Å². The lowest BCUT2D eigenvalue weighted by atomic mass is 9.89. The van der Waals surface area contributed by atoms with E-state index in [2.05, 4.69) is 0 Å². The number of hydrogen-bond donors (Lipinski definition) is 8. The normalized spacial score (nSPS) is 34.7. The third-order valence-corrected chi connectivity index (χ3v) is 7.37. The molecule has 0 spiro atoms. The summed E-state index contributed by atoms with van der Waals surface area (Å²) in [6, 6.07) is 8.01. The molecule has 0 bridgehead atoms. The second-order valence-electron chi connectivity index (χ2n) is 10.1. The molecule has 2 aliphatic rings. The number of phenolic OH excluding ortho intramolecular Hbond substituents is 3. The van der Waals surface area contributed by atoms with Gasteiger partial charge in [0, 0.05) is 17.7 Å². The predicted octanol–water partition coefficient (Wildman–Crippen LogP) is -0.0289. The highest BCUT2D eigenvalue weighted by Gasteiger charge is 2.50. The average molecular weight is 563 g/mol. The Hall–Kier alpha value is -3.27. The number of ether oxygens (including phenoxy) is 3. The van der Waals surface area contributed by atoms with Crippen LogP contribution in [-0.4, -0.2) is 96.0 Å². The third-order valence-electron chi connectivity index (χ3n) is 7.37. The van der Waals surface area contributed by atoms with Crippen LogP contribution in [0, 0.1) is 0 Å². The van der Waals surface area contributed by atoms with Gasteiger partial charge < -0.3 is 59.5 Å². The lowest BCUT2D eigenvalue weighted by Gasteiger charge is -2.46. The van der Waals surface area contributed by atoms with Crippen LogP contribution in [0.5, 0.6) is 17.2 Å². The average Bonchev–Trinajstić information content (AvgIpc) is 2.91. The minimum atomic E-state index is -1.76. The van der Waals surface area contributed by atoms with E-state index in [0.29, 0.717) is 5.56 Å². The molecule has 8 N–H and O–H groups in total. The number of hydrogen-bond acceptors (Lipinski definition) is 13. The largest absolute Gasteiger partial charge is 0.508 e. The Labute approximate surface area is 226 Å². The fourth-order valence-corrected chi connectivity index (χ4v) is 5.06. The number of benzene rings is 2. The molecule has 1 aromatic heterocycles. The molecule has 3 heterocycles. The van der Waals surface area contributed by atoms with Crippen molar-refractivity contribution in [1.29, 1.82) is 0 Å². The minimum absolute atomic E-state index is 0.00361. The minimum Gasteiger partial charge on any atom is -0.508 e. The Morgan fingerprint density at radius 3 is 2.08 bits per heavy atom. The van der Waals surface area contributed by atoms with E-state index < -0.39 is 78.2 Å². The zero-order valence-electron chi connectivity index (χ0n) is 21.4. The number of aromatic hydroxyl groups is 3. The van der Waals surface area contributed by atoms with Crippen molar-refractivity contribution in [3.63, 3.8) is 0 Å².